The number of anilines is 1. The van der Waals surface area contributed by atoms with Crippen LogP contribution in [0, 0.1) is 12.7 Å². The average Bonchev–Trinajstić information content (AvgIpc) is 2.61. The van der Waals surface area contributed by atoms with E-state index in [0.29, 0.717) is 11.3 Å². The van der Waals surface area contributed by atoms with E-state index in [9.17, 15) is 22.4 Å². The highest BCUT2D eigenvalue weighted by atomic mass is 32.2. The van der Waals surface area contributed by atoms with E-state index in [2.05, 4.69) is 14.8 Å². The number of sulfonamides is 1. The van der Waals surface area contributed by atoms with Crippen LogP contribution in [0.5, 0.6) is 0 Å². The molecule has 0 aromatic heterocycles. The zero-order valence-electron chi connectivity index (χ0n) is 14.1. The largest absolute Gasteiger partial charge is 0.465 e. The lowest BCUT2D eigenvalue weighted by atomic mass is 10.1. The molecule has 7 nitrogen and oxygen atoms in total. The number of esters is 1. The molecule has 2 aromatic rings. The van der Waals surface area contributed by atoms with Crippen molar-refractivity contribution >= 4 is 27.6 Å². The molecule has 2 rings (SSSR count). The van der Waals surface area contributed by atoms with Crippen LogP contribution in [0.1, 0.15) is 15.9 Å². The summed E-state index contributed by atoms with van der Waals surface area (Å²) in [6.45, 7) is 1.20. The SMILES string of the molecule is COC(=O)c1ccc(C)c(NC(=O)CNS(=O)(=O)c2ccc(F)cc2)c1. The molecule has 1 amide bonds. The van der Waals surface area contributed by atoms with Crippen LogP contribution >= 0.6 is 0 Å². The quantitative estimate of drug-likeness (QED) is 0.745. The van der Waals surface area contributed by atoms with Crippen molar-refractivity contribution in [3.05, 3.63) is 59.4 Å². The first-order valence-electron chi connectivity index (χ1n) is 7.47. The maximum Gasteiger partial charge on any atom is 0.337 e. The van der Waals surface area contributed by atoms with Gasteiger partial charge in [0.1, 0.15) is 5.82 Å². The van der Waals surface area contributed by atoms with Crippen LogP contribution in [0.25, 0.3) is 0 Å². The molecule has 138 valence electrons. The fraction of sp³-hybridized carbons (Fsp3) is 0.176. The highest BCUT2D eigenvalue weighted by Gasteiger charge is 2.16. The Hall–Kier alpha value is -2.78. The lowest BCUT2D eigenvalue weighted by Crippen LogP contribution is -2.33. The second kappa shape index (κ2) is 8.07. The monoisotopic (exact) mass is 380 g/mol. The molecule has 9 heteroatoms. The molecule has 2 aromatic carbocycles. The van der Waals surface area contributed by atoms with E-state index in [1.165, 1.54) is 13.2 Å². The molecule has 0 saturated carbocycles. The van der Waals surface area contributed by atoms with Gasteiger partial charge in [-0.15, -0.1) is 0 Å². The first kappa shape index (κ1) is 19.5. The van der Waals surface area contributed by atoms with Crippen molar-refractivity contribution in [2.45, 2.75) is 11.8 Å². The Kier molecular flexibility index (Phi) is 6.06. The predicted molar refractivity (Wildman–Crippen MR) is 92.7 cm³/mol. The first-order valence-corrected chi connectivity index (χ1v) is 8.95. The molecular weight excluding hydrogens is 363 g/mol. The fourth-order valence-electron chi connectivity index (χ4n) is 2.05. The standard InChI is InChI=1S/C17H17FN2O5S/c1-11-3-4-12(17(22)25-2)9-15(11)20-16(21)10-19-26(23,24)14-7-5-13(18)6-8-14/h3-9,19H,10H2,1-2H3,(H,20,21). The van der Waals surface area contributed by atoms with Gasteiger partial charge in [0.25, 0.3) is 0 Å². The minimum atomic E-state index is -3.95. The zero-order chi connectivity index (χ0) is 19.3. The number of methoxy groups -OCH3 is 1. The van der Waals surface area contributed by atoms with Crippen molar-refractivity contribution < 1.29 is 27.1 Å². The van der Waals surface area contributed by atoms with E-state index >= 15 is 0 Å². The number of nitrogens with one attached hydrogen (secondary N) is 2. The summed E-state index contributed by atoms with van der Waals surface area (Å²) < 4.78 is 43.8. The first-order chi connectivity index (χ1) is 12.2. The molecule has 0 aliphatic carbocycles. The lowest BCUT2D eigenvalue weighted by molar-refractivity contribution is -0.115. The van der Waals surface area contributed by atoms with Gasteiger partial charge in [-0.05, 0) is 48.9 Å². The smallest absolute Gasteiger partial charge is 0.337 e. The summed E-state index contributed by atoms with van der Waals surface area (Å²) in [5.74, 6) is -1.75. The van der Waals surface area contributed by atoms with E-state index in [1.807, 2.05) is 0 Å². The van der Waals surface area contributed by atoms with Gasteiger partial charge in [0.2, 0.25) is 15.9 Å². The van der Waals surface area contributed by atoms with Gasteiger partial charge in [-0.25, -0.2) is 22.3 Å². The molecule has 0 atom stereocenters. The molecule has 0 fully saturated rings. The molecular formula is C17H17FN2O5S. The van der Waals surface area contributed by atoms with Crippen molar-refractivity contribution in [3.8, 4) is 0 Å². The van der Waals surface area contributed by atoms with Crippen molar-refractivity contribution in [2.75, 3.05) is 19.0 Å². The van der Waals surface area contributed by atoms with E-state index in [-0.39, 0.29) is 10.5 Å². The maximum absolute atomic E-state index is 12.9. The molecule has 2 N–H and O–H groups in total. The van der Waals surface area contributed by atoms with Crippen molar-refractivity contribution in [2.24, 2.45) is 0 Å². The summed E-state index contributed by atoms with van der Waals surface area (Å²) >= 11 is 0. The van der Waals surface area contributed by atoms with Crippen molar-refractivity contribution in [1.29, 1.82) is 0 Å². The lowest BCUT2D eigenvalue weighted by Gasteiger charge is -2.11. The van der Waals surface area contributed by atoms with E-state index in [0.717, 1.165) is 24.3 Å². The maximum atomic E-state index is 12.9. The van der Waals surface area contributed by atoms with E-state index < -0.39 is 34.3 Å². The third-order valence-corrected chi connectivity index (χ3v) is 4.90. The molecule has 0 bridgehead atoms. The van der Waals surface area contributed by atoms with Crippen LogP contribution in [0.3, 0.4) is 0 Å². The summed E-state index contributed by atoms with van der Waals surface area (Å²) in [6.07, 6.45) is 0. The number of carbonyl (C=O) groups is 2. The van der Waals surface area contributed by atoms with E-state index in [1.54, 1.807) is 19.1 Å². The summed E-state index contributed by atoms with van der Waals surface area (Å²) in [4.78, 5) is 23.4. The third kappa shape index (κ3) is 4.87. The van der Waals surface area contributed by atoms with Crippen LogP contribution in [-0.2, 0) is 19.6 Å². The van der Waals surface area contributed by atoms with Crippen LogP contribution in [0.2, 0.25) is 0 Å². The van der Waals surface area contributed by atoms with Gasteiger partial charge >= 0.3 is 5.97 Å². The number of hydrogen-bond acceptors (Lipinski definition) is 5. The molecule has 0 aliphatic heterocycles. The topological polar surface area (TPSA) is 102 Å². The van der Waals surface area contributed by atoms with Gasteiger partial charge < -0.3 is 10.1 Å². The predicted octanol–water partition coefficient (Wildman–Crippen LogP) is 1.84. The van der Waals surface area contributed by atoms with Gasteiger partial charge in [0.15, 0.2) is 0 Å². The Bertz CT molecular complexity index is 927. The summed E-state index contributed by atoms with van der Waals surface area (Å²) in [6, 6.07) is 8.83. The molecule has 0 spiro atoms. The second-order valence-electron chi connectivity index (χ2n) is 5.35. The minimum absolute atomic E-state index is 0.157. The fourth-order valence-corrected chi connectivity index (χ4v) is 3.04. The van der Waals surface area contributed by atoms with Gasteiger partial charge in [-0.1, -0.05) is 6.07 Å². The molecule has 0 radical (unpaired) electrons. The number of carbonyl (C=O) groups excluding carboxylic acids is 2. The third-order valence-electron chi connectivity index (χ3n) is 3.48. The highest BCUT2D eigenvalue weighted by Crippen LogP contribution is 2.17. The Morgan fingerprint density at radius 3 is 2.38 bits per heavy atom. The summed E-state index contributed by atoms with van der Waals surface area (Å²) in [5, 5.41) is 2.53. The molecule has 0 unspecified atom stereocenters. The van der Waals surface area contributed by atoms with Crippen molar-refractivity contribution in [1.82, 2.24) is 4.72 Å². The van der Waals surface area contributed by atoms with Gasteiger partial charge in [0.05, 0.1) is 24.1 Å². The number of aryl methyl sites for hydroxylation is 1. The number of halogens is 1. The highest BCUT2D eigenvalue weighted by molar-refractivity contribution is 7.89. The number of benzene rings is 2. The molecule has 0 aliphatic rings. The van der Waals surface area contributed by atoms with Crippen LogP contribution in [-0.4, -0.2) is 33.9 Å². The Labute approximate surface area is 150 Å². The zero-order valence-corrected chi connectivity index (χ0v) is 14.9. The second-order valence-corrected chi connectivity index (χ2v) is 7.11. The van der Waals surface area contributed by atoms with Crippen LogP contribution in [0.15, 0.2) is 47.4 Å². The minimum Gasteiger partial charge on any atom is -0.465 e. The van der Waals surface area contributed by atoms with E-state index in [4.69, 9.17) is 0 Å². The number of ether oxygens (including phenoxy) is 1. The van der Waals surface area contributed by atoms with Crippen LogP contribution in [0.4, 0.5) is 10.1 Å². The summed E-state index contributed by atoms with van der Waals surface area (Å²) in [5.41, 5.74) is 1.30. The Balaban J connectivity index is 2.05. The summed E-state index contributed by atoms with van der Waals surface area (Å²) in [7, 11) is -2.71. The van der Waals surface area contributed by atoms with Crippen LogP contribution < -0.4 is 10.0 Å². The normalized spacial score (nSPS) is 11.0. The molecule has 0 heterocycles. The number of hydrogen-bond donors (Lipinski definition) is 2. The van der Waals surface area contributed by atoms with Gasteiger partial charge in [-0.2, -0.15) is 0 Å². The number of rotatable bonds is 6. The average molecular weight is 380 g/mol. The molecule has 0 saturated heterocycles. The van der Waals surface area contributed by atoms with Gasteiger partial charge in [0, 0.05) is 5.69 Å². The van der Waals surface area contributed by atoms with Gasteiger partial charge in [-0.3, -0.25) is 4.79 Å². The van der Waals surface area contributed by atoms with Crippen molar-refractivity contribution in [3.63, 3.8) is 0 Å². The number of amides is 1. The Morgan fingerprint density at radius 1 is 1.12 bits per heavy atom. The molecule has 26 heavy (non-hydrogen) atoms. The Morgan fingerprint density at radius 2 is 1.77 bits per heavy atom.